The first kappa shape index (κ1) is 29.0. The van der Waals surface area contributed by atoms with E-state index in [4.69, 9.17) is 14.2 Å². The Hall–Kier alpha value is -3.05. The van der Waals surface area contributed by atoms with E-state index in [2.05, 4.69) is 4.90 Å². The lowest BCUT2D eigenvalue weighted by Crippen LogP contribution is -2.59. The number of aliphatic hydroxyl groups is 1. The van der Waals surface area contributed by atoms with E-state index in [1.54, 1.807) is 4.90 Å². The van der Waals surface area contributed by atoms with Gasteiger partial charge in [0.2, 0.25) is 11.8 Å². The Balaban J connectivity index is 1.40. The Morgan fingerprint density at radius 3 is 2.52 bits per heavy atom. The molecule has 226 valence electrons. The van der Waals surface area contributed by atoms with Crippen LogP contribution in [0, 0.1) is 11.8 Å². The largest absolute Gasteiger partial charge is 0.465 e. The van der Waals surface area contributed by atoms with Crippen molar-refractivity contribution in [2.24, 2.45) is 11.8 Å². The maximum atomic E-state index is 14.6. The number of hydrogen-bond acceptors (Lipinski definition) is 8. The van der Waals surface area contributed by atoms with Crippen molar-refractivity contribution < 1.29 is 33.7 Å². The zero-order valence-corrected chi connectivity index (χ0v) is 24.2. The van der Waals surface area contributed by atoms with E-state index in [1.807, 2.05) is 61.6 Å². The highest BCUT2D eigenvalue weighted by Crippen LogP contribution is 2.57. The molecule has 0 bridgehead atoms. The quantitative estimate of drug-likeness (QED) is 0.379. The number of carbonyl (C=O) groups excluding carboxylic acids is 3. The van der Waals surface area contributed by atoms with E-state index in [0.717, 1.165) is 18.7 Å². The van der Waals surface area contributed by atoms with Gasteiger partial charge in [-0.05, 0) is 31.7 Å². The lowest BCUT2D eigenvalue weighted by molar-refractivity contribution is -0.161. The summed E-state index contributed by atoms with van der Waals surface area (Å²) in [7, 11) is 0. The van der Waals surface area contributed by atoms with Crippen LogP contribution in [0.25, 0.3) is 0 Å². The van der Waals surface area contributed by atoms with E-state index < -0.39 is 41.1 Å². The third-order valence-electron chi connectivity index (χ3n) is 9.48. The predicted octanol–water partition coefficient (Wildman–Crippen LogP) is 1.18. The lowest BCUT2D eigenvalue weighted by Gasteiger charge is -2.40. The van der Waals surface area contributed by atoms with Crippen molar-refractivity contribution in [3.63, 3.8) is 0 Å². The van der Waals surface area contributed by atoms with Gasteiger partial charge < -0.3 is 29.1 Å². The zero-order chi connectivity index (χ0) is 29.3. The van der Waals surface area contributed by atoms with Crippen molar-refractivity contribution in [3.05, 3.63) is 60.2 Å². The number of hydrogen-bond donors (Lipinski definition) is 1. The van der Waals surface area contributed by atoms with Crippen LogP contribution in [0.5, 0.6) is 0 Å². The number of benzene rings is 1. The van der Waals surface area contributed by atoms with Crippen LogP contribution in [0.2, 0.25) is 0 Å². The minimum Gasteiger partial charge on any atom is -0.465 e. The number of allylic oxidation sites excluding steroid dienone is 1. The van der Waals surface area contributed by atoms with E-state index >= 15 is 0 Å². The molecule has 5 aliphatic heterocycles. The molecule has 10 heteroatoms. The van der Waals surface area contributed by atoms with Gasteiger partial charge >= 0.3 is 5.97 Å². The van der Waals surface area contributed by atoms with Crippen molar-refractivity contribution in [2.75, 3.05) is 59.2 Å². The summed E-state index contributed by atoms with van der Waals surface area (Å²) in [6, 6.07) is 7.90. The molecule has 1 N–H and O–H groups in total. The summed E-state index contributed by atoms with van der Waals surface area (Å²) in [6.07, 6.45) is 9.35. The average Bonchev–Trinajstić information content (AvgIpc) is 3.36. The fourth-order valence-corrected chi connectivity index (χ4v) is 7.44. The van der Waals surface area contributed by atoms with Crippen LogP contribution in [-0.2, 0) is 35.0 Å². The molecule has 1 aromatic rings. The first-order valence-corrected chi connectivity index (χ1v) is 15.2. The smallest absolute Gasteiger partial charge is 0.313 e. The molecule has 1 spiro atoms. The Bertz CT molecular complexity index is 1230. The molecule has 6 rings (SSSR count). The zero-order valence-electron chi connectivity index (χ0n) is 24.2. The van der Waals surface area contributed by atoms with Crippen molar-refractivity contribution in [1.82, 2.24) is 14.7 Å². The van der Waals surface area contributed by atoms with Crippen LogP contribution in [0.15, 0.2) is 54.6 Å². The Morgan fingerprint density at radius 2 is 1.76 bits per heavy atom. The molecule has 5 heterocycles. The molecular formula is C32H41N3O7. The van der Waals surface area contributed by atoms with Gasteiger partial charge in [0.15, 0.2) is 0 Å². The monoisotopic (exact) mass is 579 g/mol. The Morgan fingerprint density at radius 1 is 0.976 bits per heavy atom. The normalized spacial score (nSPS) is 34.9. The highest BCUT2D eigenvalue weighted by Gasteiger charge is 2.75. The number of carbonyl (C=O) groups is 3. The minimum absolute atomic E-state index is 0.233. The average molecular weight is 580 g/mol. The summed E-state index contributed by atoms with van der Waals surface area (Å²) in [4.78, 5) is 48.4. The second kappa shape index (κ2) is 11.9. The molecule has 6 atom stereocenters. The van der Waals surface area contributed by atoms with Crippen molar-refractivity contribution in [1.29, 1.82) is 0 Å². The highest BCUT2D eigenvalue weighted by atomic mass is 16.6. The molecule has 42 heavy (non-hydrogen) atoms. The van der Waals surface area contributed by atoms with Gasteiger partial charge in [-0.2, -0.15) is 0 Å². The first-order valence-electron chi connectivity index (χ1n) is 15.2. The van der Waals surface area contributed by atoms with Gasteiger partial charge in [0.1, 0.15) is 17.6 Å². The minimum atomic E-state index is -1.38. The van der Waals surface area contributed by atoms with Gasteiger partial charge in [-0.3, -0.25) is 19.3 Å². The van der Waals surface area contributed by atoms with Crippen LogP contribution < -0.4 is 0 Å². The molecule has 3 saturated heterocycles. The lowest BCUT2D eigenvalue weighted by atomic mass is 9.74. The SMILES string of the molecule is C[C@]12/C=C\CCCOC(=O)[C@H]1[C@H]1C(=O)N([C@@H](CO)Cc3ccccc3)C3C(=O)N(CCN4CCOCC4)CC=C[C@@]31O2. The Labute approximate surface area is 246 Å². The van der Waals surface area contributed by atoms with Crippen molar-refractivity contribution in [3.8, 4) is 0 Å². The van der Waals surface area contributed by atoms with Gasteiger partial charge in [-0.25, -0.2) is 0 Å². The predicted molar refractivity (Wildman–Crippen MR) is 153 cm³/mol. The number of amides is 2. The molecule has 1 unspecified atom stereocenters. The summed E-state index contributed by atoms with van der Waals surface area (Å²) in [5, 5.41) is 10.7. The number of likely N-dealkylation sites (tertiary alicyclic amines) is 1. The van der Waals surface area contributed by atoms with Crippen LogP contribution in [-0.4, -0.2) is 120 Å². The first-order chi connectivity index (χ1) is 20.4. The second-order valence-corrected chi connectivity index (χ2v) is 12.1. The molecule has 2 amide bonds. The highest BCUT2D eigenvalue weighted by molar-refractivity contribution is 5.99. The second-order valence-electron chi connectivity index (χ2n) is 12.1. The maximum Gasteiger partial charge on any atom is 0.313 e. The molecule has 3 fully saturated rings. The number of rotatable bonds is 7. The van der Waals surface area contributed by atoms with Crippen LogP contribution in [0.3, 0.4) is 0 Å². The van der Waals surface area contributed by atoms with E-state index in [1.165, 1.54) is 4.90 Å². The van der Waals surface area contributed by atoms with Gasteiger partial charge in [-0.1, -0.05) is 54.6 Å². The van der Waals surface area contributed by atoms with Gasteiger partial charge in [0.25, 0.3) is 0 Å². The number of cyclic esters (lactones) is 1. The van der Waals surface area contributed by atoms with Crippen LogP contribution in [0.1, 0.15) is 25.3 Å². The molecule has 5 aliphatic rings. The van der Waals surface area contributed by atoms with Gasteiger partial charge in [0, 0.05) is 32.7 Å². The molecule has 1 aromatic carbocycles. The van der Waals surface area contributed by atoms with Crippen LogP contribution in [0.4, 0.5) is 0 Å². The van der Waals surface area contributed by atoms with Crippen molar-refractivity contribution >= 4 is 17.8 Å². The number of morpholine rings is 1. The molecule has 0 aromatic heterocycles. The number of ether oxygens (including phenoxy) is 3. The van der Waals surface area contributed by atoms with E-state index in [-0.39, 0.29) is 25.0 Å². The maximum absolute atomic E-state index is 14.6. The molecule has 0 saturated carbocycles. The summed E-state index contributed by atoms with van der Waals surface area (Å²) < 4.78 is 18.0. The number of esters is 1. The molecular weight excluding hydrogens is 538 g/mol. The van der Waals surface area contributed by atoms with Crippen molar-refractivity contribution in [2.45, 2.75) is 49.5 Å². The van der Waals surface area contributed by atoms with E-state index in [9.17, 15) is 19.5 Å². The Kier molecular flexibility index (Phi) is 8.24. The summed E-state index contributed by atoms with van der Waals surface area (Å²) in [5.41, 5.74) is -1.58. The summed E-state index contributed by atoms with van der Waals surface area (Å²) >= 11 is 0. The molecule has 0 aliphatic carbocycles. The summed E-state index contributed by atoms with van der Waals surface area (Å²) in [6.45, 7) is 6.21. The standard InChI is InChI=1S/C32H41N3O7/c1-31-11-6-3-7-18-41-30(39)26(31)25-28(37)35(24(22-36)21-23-9-4-2-5-10-23)27-29(38)34(13-8-12-32(25,27)42-31)15-14-33-16-19-40-20-17-33/h2,4-6,8-12,24-27,36H,3,7,13-22H2,1H3/b11-6-/t24-,25+,26-,27?,31+,32+/m1/s1. The third-order valence-corrected chi connectivity index (χ3v) is 9.48. The molecule has 0 radical (unpaired) electrons. The fraction of sp³-hybridized carbons (Fsp3) is 0.594. The van der Waals surface area contributed by atoms with Gasteiger partial charge in [-0.15, -0.1) is 0 Å². The number of fused-ring (bicyclic) bond motifs is 2. The number of nitrogens with zero attached hydrogens (tertiary/aromatic N) is 3. The molecule has 10 nitrogen and oxygen atoms in total. The summed E-state index contributed by atoms with van der Waals surface area (Å²) in [5.74, 6) is -2.98. The van der Waals surface area contributed by atoms with Gasteiger partial charge in [0.05, 0.1) is 44.0 Å². The number of aliphatic hydroxyl groups excluding tert-OH is 1. The fourth-order valence-electron chi connectivity index (χ4n) is 7.44. The van der Waals surface area contributed by atoms with E-state index in [0.29, 0.717) is 52.1 Å². The topological polar surface area (TPSA) is 109 Å². The third kappa shape index (κ3) is 5.08. The van der Waals surface area contributed by atoms with Crippen LogP contribution >= 0.6 is 0 Å².